The van der Waals surface area contributed by atoms with Crippen molar-refractivity contribution < 1.29 is 14.4 Å². The molecule has 0 aromatic carbocycles. The van der Waals surface area contributed by atoms with Gasteiger partial charge in [-0.05, 0) is 25.9 Å². The van der Waals surface area contributed by atoms with E-state index in [9.17, 15) is 9.59 Å². The van der Waals surface area contributed by atoms with Crippen molar-refractivity contribution in [1.29, 1.82) is 0 Å². The standard InChI is InChI=1S/C11H17N3O3S/c1-7(2)6-14-8(15)11(3,4)18-9(14)13-17-10(16)12-5/h1,6H2,2-5H3,(H,12,16). The first-order valence-corrected chi connectivity index (χ1v) is 6.21. The third-order valence-electron chi connectivity index (χ3n) is 2.18. The Morgan fingerprint density at radius 1 is 1.61 bits per heavy atom. The molecule has 0 bridgehead atoms. The van der Waals surface area contributed by atoms with Crippen molar-refractivity contribution in [3.63, 3.8) is 0 Å². The number of thioether (sulfide) groups is 1. The lowest BCUT2D eigenvalue weighted by molar-refractivity contribution is -0.128. The second-order valence-electron chi connectivity index (χ2n) is 4.46. The summed E-state index contributed by atoms with van der Waals surface area (Å²) in [6.45, 7) is 9.55. The summed E-state index contributed by atoms with van der Waals surface area (Å²) in [5.41, 5.74) is 0.828. The van der Waals surface area contributed by atoms with Crippen LogP contribution in [0.4, 0.5) is 4.79 Å². The second kappa shape index (κ2) is 5.43. The van der Waals surface area contributed by atoms with Crippen molar-refractivity contribution in [2.24, 2.45) is 5.16 Å². The van der Waals surface area contributed by atoms with E-state index in [0.29, 0.717) is 11.7 Å². The molecule has 2 amide bonds. The molecule has 6 nitrogen and oxygen atoms in total. The molecule has 0 aliphatic carbocycles. The molecule has 1 aliphatic heterocycles. The summed E-state index contributed by atoms with van der Waals surface area (Å²) in [6.07, 6.45) is -0.671. The Labute approximate surface area is 110 Å². The number of amides is 2. The fourth-order valence-corrected chi connectivity index (χ4v) is 2.33. The fourth-order valence-electron chi connectivity index (χ4n) is 1.34. The summed E-state index contributed by atoms with van der Waals surface area (Å²) >= 11 is 1.26. The molecular formula is C11H17N3O3S. The summed E-state index contributed by atoms with van der Waals surface area (Å²) in [6, 6.07) is 0. The number of hydrogen-bond acceptors (Lipinski definition) is 5. The Balaban J connectivity index is 2.90. The van der Waals surface area contributed by atoms with Crippen LogP contribution >= 0.6 is 11.8 Å². The lowest BCUT2D eigenvalue weighted by atomic mass is 10.2. The SMILES string of the molecule is C=C(C)CN1C(=O)C(C)(C)SC1=NOC(=O)NC. The number of amidine groups is 1. The Morgan fingerprint density at radius 2 is 2.22 bits per heavy atom. The second-order valence-corrected chi connectivity index (χ2v) is 6.05. The molecule has 1 N–H and O–H groups in total. The largest absolute Gasteiger partial charge is 0.433 e. The van der Waals surface area contributed by atoms with Gasteiger partial charge in [0.15, 0.2) is 0 Å². The molecule has 1 heterocycles. The molecule has 0 aromatic rings. The van der Waals surface area contributed by atoms with Gasteiger partial charge in [0.05, 0.1) is 4.75 Å². The first-order chi connectivity index (χ1) is 8.27. The zero-order valence-corrected chi connectivity index (χ0v) is 11.8. The fraction of sp³-hybridized carbons (Fsp3) is 0.545. The first-order valence-electron chi connectivity index (χ1n) is 5.40. The van der Waals surface area contributed by atoms with Gasteiger partial charge in [-0.1, -0.05) is 23.9 Å². The number of carbonyl (C=O) groups excluding carboxylic acids is 2. The van der Waals surface area contributed by atoms with Gasteiger partial charge in [-0.15, -0.1) is 0 Å². The Morgan fingerprint density at radius 3 is 2.72 bits per heavy atom. The molecule has 0 atom stereocenters. The minimum absolute atomic E-state index is 0.0743. The highest BCUT2D eigenvalue weighted by molar-refractivity contribution is 8.16. The van der Waals surface area contributed by atoms with Crippen LogP contribution in [0.1, 0.15) is 20.8 Å². The lowest BCUT2D eigenvalue weighted by Gasteiger charge is -2.17. The first kappa shape index (κ1) is 14.6. The van der Waals surface area contributed by atoms with E-state index < -0.39 is 10.8 Å². The van der Waals surface area contributed by atoms with Crippen LogP contribution in [0, 0.1) is 0 Å². The highest BCUT2D eigenvalue weighted by Gasteiger charge is 2.44. The van der Waals surface area contributed by atoms with E-state index in [1.165, 1.54) is 23.7 Å². The topological polar surface area (TPSA) is 71.0 Å². The molecule has 0 spiro atoms. The van der Waals surface area contributed by atoms with E-state index in [1.807, 2.05) is 6.92 Å². The Kier molecular flexibility index (Phi) is 4.39. The molecule has 1 aliphatic rings. The summed E-state index contributed by atoms with van der Waals surface area (Å²) < 4.78 is -0.611. The van der Waals surface area contributed by atoms with Gasteiger partial charge < -0.3 is 5.32 Å². The van der Waals surface area contributed by atoms with Crippen LogP contribution < -0.4 is 5.32 Å². The molecule has 0 unspecified atom stereocenters. The predicted molar refractivity (Wildman–Crippen MR) is 71.2 cm³/mol. The van der Waals surface area contributed by atoms with Gasteiger partial charge in [0.1, 0.15) is 0 Å². The van der Waals surface area contributed by atoms with Crippen molar-refractivity contribution in [2.45, 2.75) is 25.5 Å². The van der Waals surface area contributed by atoms with Crippen LogP contribution in [0.5, 0.6) is 0 Å². The average Bonchev–Trinajstić information content (AvgIpc) is 2.49. The van der Waals surface area contributed by atoms with E-state index in [2.05, 4.69) is 21.9 Å². The lowest BCUT2D eigenvalue weighted by Crippen LogP contribution is -2.37. The van der Waals surface area contributed by atoms with Gasteiger partial charge >= 0.3 is 6.09 Å². The molecule has 18 heavy (non-hydrogen) atoms. The van der Waals surface area contributed by atoms with Gasteiger partial charge in [-0.3, -0.25) is 14.5 Å². The van der Waals surface area contributed by atoms with E-state index >= 15 is 0 Å². The molecule has 1 saturated heterocycles. The maximum Gasteiger partial charge on any atom is 0.433 e. The van der Waals surface area contributed by atoms with Crippen LogP contribution in [-0.2, 0) is 9.63 Å². The van der Waals surface area contributed by atoms with E-state index in [4.69, 9.17) is 0 Å². The van der Waals surface area contributed by atoms with Crippen LogP contribution in [0.15, 0.2) is 17.3 Å². The highest BCUT2D eigenvalue weighted by atomic mass is 32.2. The summed E-state index contributed by atoms with van der Waals surface area (Å²) in [5, 5.41) is 6.36. The summed E-state index contributed by atoms with van der Waals surface area (Å²) in [4.78, 5) is 29.2. The molecule has 0 radical (unpaired) electrons. The number of carbonyl (C=O) groups is 2. The smallest absolute Gasteiger partial charge is 0.323 e. The molecule has 0 saturated carbocycles. The zero-order valence-electron chi connectivity index (χ0n) is 10.9. The van der Waals surface area contributed by atoms with Crippen LogP contribution in [0.3, 0.4) is 0 Å². The van der Waals surface area contributed by atoms with Crippen molar-refractivity contribution in [2.75, 3.05) is 13.6 Å². The molecule has 1 rings (SSSR count). The Bertz CT molecular complexity index is 418. The van der Waals surface area contributed by atoms with E-state index in [0.717, 1.165) is 5.57 Å². The zero-order chi connectivity index (χ0) is 13.9. The van der Waals surface area contributed by atoms with E-state index in [-0.39, 0.29) is 5.91 Å². The van der Waals surface area contributed by atoms with Gasteiger partial charge in [0, 0.05) is 13.6 Å². The summed E-state index contributed by atoms with van der Waals surface area (Å²) in [7, 11) is 1.44. The molecule has 7 heteroatoms. The molecular weight excluding hydrogens is 254 g/mol. The predicted octanol–water partition coefficient (Wildman–Crippen LogP) is 1.54. The maximum absolute atomic E-state index is 12.1. The number of hydrogen-bond donors (Lipinski definition) is 1. The molecule has 100 valence electrons. The minimum atomic E-state index is -0.671. The van der Waals surface area contributed by atoms with Crippen LogP contribution in [0.2, 0.25) is 0 Å². The quantitative estimate of drug-likeness (QED) is 0.480. The Hall–Kier alpha value is -1.50. The van der Waals surface area contributed by atoms with Crippen LogP contribution in [0.25, 0.3) is 0 Å². The van der Waals surface area contributed by atoms with Crippen LogP contribution in [-0.4, -0.2) is 40.4 Å². The van der Waals surface area contributed by atoms with Gasteiger partial charge in [-0.2, -0.15) is 0 Å². The van der Waals surface area contributed by atoms with Gasteiger partial charge in [-0.25, -0.2) is 4.79 Å². The number of nitrogens with one attached hydrogen (secondary N) is 1. The number of nitrogens with zero attached hydrogens (tertiary/aromatic N) is 2. The normalized spacial score (nSPS) is 20.1. The van der Waals surface area contributed by atoms with Crippen molar-refractivity contribution >= 4 is 28.9 Å². The third kappa shape index (κ3) is 3.25. The minimum Gasteiger partial charge on any atom is -0.323 e. The molecule has 1 fully saturated rings. The van der Waals surface area contributed by atoms with Crippen molar-refractivity contribution in [1.82, 2.24) is 10.2 Å². The van der Waals surface area contributed by atoms with Crippen molar-refractivity contribution in [3.8, 4) is 0 Å². The highest BCUT2D eigenvalue weighted by Crippen LogP contribution is 2.37. The van der Waals surface area contributed by atoms with Crippen molar-refractivity contribution in [3.05, 3.63) is 12.2 Å². The average molecular weight is 271 g/mol. The number of oxime groups is 1. The van der Waals surface area contributed by atoms with Gasteiger partial charge in [0.25, 0.3) is 0 Å². The maximum atomic E-state index is 12.1. The summed E-state index contributed by atoms with van der Waals surface area (Å²) in [5.74, 6) is -0.0743. The molecule has 0 aromatic heterocycles. The van der Waals surface area contributed by atoms with E-state index in [1.54, 1.807) is 13.8 Å². The third-order valence-corrected chi connectivity index (χ3v) is 3.34. The monoisotopic (exact) mass is 271 g/mol. The number of rotatable bonds is 3. The van der Waals surface area contributed by atoms with Gasteiger partial charge in [0.2, 0.25) is 11.1 Å².